The maximum absolute atomic E-state index is 11.3. The van der Waals surface area contributed by atoms with Crippen LogP contribution in [0.3, 0.4) is 0 Å². The molecule has 0 atom stereocenters. The third-order valence-electron chi connectivity index (χ3n) is 5.30. The molecule has 1 aliphatic heterocycles. The molecule has 2 N–H and O–H groups in total. The number of hydrogen-bond donors (Lipinski definition) is 1. The van der Waals surface area contributed by atoms with Gasteiger partial charge in [0.1, 0.15) is 12.4 Å². The fraction of sp³-hybridized carbons (Fsp3) is 0.526. The Morgan fingerprint density at radius 2 is 2.00 bits per heavy atom. The van der Waals surface area contributed by atoms with Gasteiger partial charge >= 0.3 is 0 Å². The quantitative estimate of drug-likeness (QED) is 0.767. The molecule has 3 rings (SSSR count). The Labute approximate surface area is 164 Å². The number of nitrogens with two attached hydrogens (primary N) is 1. The number of piperidine rings is 1. The van der Waals surface area contributed by atoms with E-state index in [4.69, 9.17) is 22.7 Å². The summed E-state index contributed by atoms with van der Waals surface area (Å²) in [5.41, 5.74) is 7.84. The van der Waals surface area contributed by atoms with Crippen LogP contribution in [0.15, 0.2) is 18.2 Å². The van der Waals surface area contributed by atoms with Crippen molar-refractivity contribution in [3.05, 3.63) is 39.9 Å². The molecule has 1 amide bonds. The lowest BCUT2D eigenvalue weighted by atomic mass is 9.97. The number of ether oxygens (including phenoxy) is 1. The highest BCUT2D eigenvalue weighted by molar-refractivity contribution is 7.71. The van der Waals surface area contributed by atoms with E-state index >= 15 is 0 Å². The van der Waals surface area contributed by atoms with Crippen LogP contribution in [0, 0.1) is 24.5 Å². The summed E-state index contributed by atoms with van der Waals surface area (Å²) in [7, 11) is 1.91. The lowest BCUT2D eigenvalue weighted by molar-refractivity contribution is -0.123. The zero-order chi connectivity index (χ0) is 19.6. The Morgan fingerprint density at radius 1 is 1.30 bits per heavy atom. The van der Waals surface area contributed by atoms with E-state index < -0.39 is 0 Å². The normalized spacial score (nSPS) is 15.8. The summed E-state index contributed by atoms with van der Waals surface area (Å²) < 4.78 is 10.3. The predicted octanol–water partition coefficient (Wildman–Crippen LogP) is 2.30. The van der Waals surface area contributed by atoms with Gasteiger partial charge in [0.2, 0.25) is 5.91 Å². The van der Waals surface area contributed by atoms with Gasteiger partial charge in [-0.3, -0.25) is 9.69 Å². The van der Waals surface area contributed by atoms with Gasteiger partial charge in [0.15, 0.2) is 10.6 Å². The summed E-state index contributed by atoms with van der Waals surface area (Å²) in [6.45, 7) is 6.76. The van der Waals surface area contributed by atoms with Crippen LogP contribution < -0.4 is 10.5 Å². The number of rotatable bonds is 6. The first kappa shape index (κ1) is 19.6. The van der Waals surface area contributed by atoms with Gasteiger partial charge in [0, 0.05) is 26.1 Å². The maximum atomic E-state index is 11.3. The number of benzene rings is 1. The molecular weight excluding hydrogens is 362 g/mol. The number of hydrogen-bond acceptors (Lipinski definition) is 5. The van der Waals surface area contributed by atoms with Crippen LogP contribution in [0.5, 0.6) is 5.75 Å². The third-order valence-corrected chi connectivity index (χ3v) is 5.79. The topological polar surface area (TPSA) is 78.3 Å². The average Bonchev–Trinajstić information content (AvgIpc) is 2.91. The molecule has 0 radical (unpaired) electrons. The molecule has 27 heavy (non-hydrogen) atoms. The van der Waals surface area contributed by atoms with Crippen molar-refractivity contribution in [3.63, 3.8) is 0 Å². The van der Waals surface area contributed by atoms with E-state index in [-0.39, 0.29) is 11.8 Å². The average molecular weight is 390 g/mol. The van der Waals surface area contributed by atoms with Crippen molar-refractivity contribution in [2.75, 3.05) is 13.1 Å². The first-order chi connectivity index (χ1) is 12.8. The summed E-state index contributed by atoms with van der Waals surface area (Å²) in [6.07, 6.45) is 1.58. The van der Waals surface area contributed by atoms with Gasteiger partial charge < -0.3 is 15.0 Å². The number of carbonyl (C=O) groups is 1. The van der Waals surface area contributed by atoms with E-state index in [1.54, 1.807) is 0 Å². The molecule has 8 heteroatoms. The molecule has 1 aliphatic rings. The fourth-order valence-electron chi connectivity index (χ4n) is 3.25. The highest BCUT2D eigenvalue weighted by Crippen LogP contribution is 2.19. The molecule has 0 bridgehead atoms. The number of nitrogens with zero attached hydrogens (tertiary/aromatic N) is 4. The monoisotopic (exact) mass is 389 g/mol. The van der Waals surface area contributed by atoms with Crippen LogP contribution in [0.4, 0.5) is 0 Å². The van der Waals surface area contributed by atoms with Crippen LogP contribution >= 0.6 is 12.2 Å². The Hall–Kier alpha value is -2.19. The minimum Gasteiger partial charge on any atom is -0.486 e. The minimum atomic E-state index is -0.199. The Morgan fingerprint density at radius 3 is 2.63 bits per heavy atom. The highest BCUT2D eigenvalue weighted by Gasteiger charge is 2.23. The molecule has 146 valence electrons. The summed E-state index contributed by atoms with van der Waals surface area (Å²) in [4.78, 5) is 13.5. The van der Waals surface area contributed by atoms with Crippen LogP contribution in [0.25, 0.3) is 0 Å². The van der Waals surface area contributed by atoms with Gasteiger partial charge in [-0.2, -0.15) is 5.10 Å². The van der Waals surface area contributed by atoms with Crippen molar-refractivity contribution >= 4 is 18.1 Å². The first-order valence-electron chi connectivity index (χ1n) is 9.19. The van der Waals surface area contributed by atoms with E-state index in [0.29, 0.717) is 18.0 Å². The second-order valence-electron chi connectivity index (χ2n) is 7.23. The van der Waals surface area contributed by atoms with Crippen LogP contribution in [0.2, 0.25) is 0 Å². The number of primary amides is 1. The number of amides is 1. The molecule has 0 saturated carbocycles. The number of carbonyl (C=O) groups excluding carboxylic acids is 1. The van der Waals surface area contributed by atoms with Crippen LogP contribution in [0.1, 0.15) is 29.8 Å². The second-order valence-corrected chi connectivity index (χ2v) is 7.59. The summed E-state index contributed by atoms with van der Waals surface area (Å²) in [6, 6.07) is 6.05. The number of aromatic nitrogens is 3. The van der Waals surface area contributed by atoms with Crippen LogP contribution in [-0.4, -0.2) is 38.2 Å². The molecule has 1 fully saturated rings. The second kappa shape index (κ2) is 8.22. The van der Waals surface area contributed by atoms with Gasteiger partial charge in [0.25, 0.3) is 0 Å². The Balaban J connectivity index is 1.63. The van der Waals surface area contributed by atoms with Gasteiger partial charge in [0.05, 0.1) is 6.67 Å². The fourth-order valence-corrected chi connectivity index (χ4v) is 3.45. The molecule has 1 aromatic carbocycles. The van der Waals surface area contributed by atoms with Crippen LogP contribution in [-0.2, 0) is 25.1 Å². The molecule has 0 spiro atoms. The number of likely N-dealkylation sites (tertiary alicyclic amines) is 1. The lowest BCUT2D eigenvalue weighted by Crippen LogP contribution is -2.39. The van der Waals surface area contributed by atoms with E-state index in [0.717, 1.165) is 37.5 Å². The van der Waals surface area contributed by atoms with Gasteiger partial charge in [-0.25, -0.2) is 4.68 Å². The predicted molar refractivity (Wildman–Crippen MR) is 106 cm³/mol. The standard InChI is InChI=1S/C19H27N5O2S/c1-13-4-5-16(10-14(13)2)26-11-17-21-24(19(27)22(17)3)12-23-8-6-15(7-9-23)18(20)25/h4-5,10,15H,6-9,11-12H2,1-3H3,(H2,20,25). The van der Waals surface area contributed by atoms with E-state index in [2.05, 4.69) is 29.9 Å². The molecule has 2 aromatic rings. The van der Waals surface area contributed by atoms with Gasteiger partial charge in [-0.1, -0.05) is 6.07 Å². The smallest absolute Gasteiger partial charge is 0.220 e. The van der Waals surface area contributed by atoms with Crippen molar-refractivity contribution < 1.29 is 9.53 Å². The Kier molecular flexibility index (Phi) is 5.96. The van der Waals surface area contributed by atoms with Crippen molar-refractivity contribution in [2.45, 2.75) is 40.0 Å². The largest absolute Gasteiger partial charge is 0.486 e. The van der Waals surface area contributed by atoms with Gasteiger partial charge in [-0.05, 0) is 62.2 Å². The van der Waals surface area contributed by atoms with E-state index in [1.807, 2.05) is 28.4 Å². The zero-order valence-electron chi connectivity index (χ0n) is 16.1. The van der Waals surface area contributed by atoms with Crippen molar-refractivity contribution in [1.29, 1.82) is 0 Å². The molecule has 1 aromatic heterocycles. The molecule has 0 unspecified atom stereocenters. The molecule has 0 aliphatic carbocycles. The molecule has 7 nitrogen and oxygen atoms in total. The highest BCUT2D eigenvalue weighted by atomic mass is 32.1. The van der Waals surface area contributed by atoms with Crippen molar-refractivity contribution in [1.82, 2.24) is 19.2 Å². The van der Waals surface area contributed by atoms with Gasteiger partial charge in [-0.15, -0.1) is 0 Å². The van der Waals surface area contributed by atoms with E-state index in [9.17, 15) is 4.79 Å². The molecular formula is C19H27N5O2S. The first-order valence-corrected chi connectivity index (χ1v) is 9.60. The van der Waals surface area contributed by atoms with E-state index in [1.165, 1.54) is 11.1 Å². The molecule has 2 heterocycles. The molecule has 1 saturated heterocycles. The van der Waals surface area contributed by atoms with Crippen molar-refractivity contribution in [3.8, 4) is 5.75 Å². The van der Waals surface area contributed by atoms with Crippen molar-refractivity contribution in [2.24, 2.45) is 18.7 Å². The maximum Gasteiger partial charge on any atom is 0.220 e. The SMILES string of the molecule is Cc1ccc(OCc2nn(CN3CCC(C(N)=O)CC3)c(=S)n2C)cc1C. The minimum absolute atomic E-state index is 0.0140. The Bertz CT molecular complexity index is 881. The summed E-state index contributed by atoms with van der Waals surface area (Å²) in [5, 5.41) is 4.63. The summed E-state index contributed by atoms with van der Waals surface area (Å²) >= 11 is 5.52. The zero-order valence-corrected chi connectivity index (χ0v) is 17.0. The lowest BCUT2D eigenvalue weighted by Gasteiger charge is -2.29. The summed E-state index contributed by atoms with van der Waals surface area (Å²) in [5.74, 6) is 1.40. The third kappa shape index (κ3) is 4.56. The number of aryl methyl sites for hydroxylation is 2.